The summed E-state index contributed by atoms with van der Waals surface area (Å²) in [6.45, 7) is 8.31. The highest BCUT2D eigenvalue weighted by Gasteiger charge is 2.09. The van der Waals surface area contributed by atoms with Gasteiger partial charge in [0.2, 0.25) is 0 Å². The van der Waals surface area contributed by atoms with Gasteiger partial charge in [-0.25, -0.2) is 0 Å². The molecule has 1 aromatic carbocycles. The smallest absolute Gasteiger partial charge is 0.122 e. The van der Waals surface area contributed by atoms with Crippen molar-refractivity contribution in [1.82, 2.24) is 0 Å². The number of benzene rings is 1. The zero-order chi connectivity index (χ0) is 12.1. The Labute approximate surface area is 98.8 Å². The van der Waals surface area contributed by atoms with Crippen LogP contribution in [0.5, 0.6) is 5.75 Å². The van der Waals surface area contributed by atoms with E-state index in [9.17, 15) is 0 Å². The molecule has 0 aliphatic heterocycles. The molecule has 0 bridgehead atoms. The number of hydrogen-bond donors (Lipinski definition) is 0. The Hall–Kier alpha value is -1.42. The maximum Gasteiger partial charge on any atom is 0.122 e. The molecule has 0 fully saturated rings. The number of aryl methyl sites for hydroxylation is 1. The molecule has 0 heterocycles. The van der Waals surface area contributed by atoms with Crippen molar-refractivity contribution in [3.05, 3.63) is 28.3 Å². The van der Waals surface area contributed by atoms with Gasteiger partial charge in [0.1, 0.15) is 5.75 Å². The molecule has 1 nitrogen and oxygen atoms in total. The molecule has 86 valence electrons. The van der Waals surface area contributed by atoms with Crippen LogP contribution in [0.2, 0.25) is 0 Å². The van der Waals surface area contributed by atoms with E-state index < -0.39 is 0 Å². The van der Waals surface area contributed by atoms with Gasteiger partial charge in [-0.3, -0.25) is 0 Å². The summed E-state index contributed by atoms with van der Waals surface area (Å²) < 4.78 is 5.36. The molecule has 0 unspecified atom stereocenters. The first-order valence-electron chi connectivity index (χ1n) is 5.65. The topological polar surface area (TPSA) is 9.23 Å². The number of rotatable bonds is 3. The maximum atomic E-state index is 5.36. The van der Waals surface area contributed by atoms with Gasteiger partial charge in [0.25, 0.3) is 0 Å². The molecule has 0 aliphatic carbocycles. The first-order valence-corrected chi connectivity index (χ1v) is 5.65. The lowest BCUT2D eigenvalue weighted by atomic mass is 9.94. The lowest BCUT2D eigenvalue weighted by Crippen LogP contribution is -1.99. The zero-order valence-corrected chi connectivity index (χ0v) is 10.9. The molecule has 1 rings (SSSR count). The van der Waals surface area contributed by atoms with Crippen LogP contribution in [0.25, 0.3) is 0 Å². The van der Waals surface area contributed by atoms with E-state index in [-0.39, 0.29) is 0 Å². The lowest BCUT2D eigenvalue weighted by Gasteiger charge is -2.15. The molecule has 1 aromatic rings. The van der Waals surface area contributed by atoms with Crippen LogP contribution in [0.1, 0.15) is 35.6 Å². The van der Waals surface area contributed by atoms with Crippen molar-refractivity contribution in [3.8, 4) is 17.6 Å². The van der Waals surface area contributed by atoms with Gasteiger partial charge in [-0.1, -0.05) is 0 Å². The summed E-state index contributed by atoms with van der Waals surface area (Å²) in [6.07, 6.45) is 1.97. The van der Waals surface area contributed by atoms with Gasteiger partial charge in [-0.15, -0.1) is 11.8 Å². The Balaban J connectivity index is 3.08. The number of ether oxygens (including phenoxy) is 1. The molecule has 0 aromatic heterocycles. The highest BCUT2D eigenvalue weighted by Crippen LogP contribution is 2.28. The van der Waals surface area contributed by atoms with Crippen LogP contribution in [-0.4, -0.2) is 7.11 Å². The molecule has 0 N–H and O–H groups in total. The van der Waals surface area contributed by atoms with Gasteiger partial charge in [0.05, 0.1) is 7.11 Å². The number of hydrogen-bond acceptors (Lipinski definition) is 1. The van der Waals surface area contributed by atoms with Crippen LogP contribution in [-0.2, 0) is 6.42 Å². The van der Waals surface area contributed by atoms with E-state index in [1.54, 1.807) is 7.11 Å². The molecule has 1 heteroatoms. The van der Waals surface area contributed by atoms with Crippen LogP contribution >= 0.6 is 0 Å². The number of methoxy groups -OCH3 is 1. The summed E-state index contributed by atoms with van der Waals surface area (Å²) in [5.41, 5.74) is 5.31. The summed E-state index contributed by atoms with van der Waals surface area (Å²) in [5.74, 6) is 7.04. The molecule has 0 atom stereocenters. The molecule has 0 amide bonds. The Morgan fingerprint density at radius 3 is 2.44 bits per heavy atom. The van der Waals surface area contributed by atoms with E-state index in [1.807, 2.05) is 6.92 Å². The van der Waals surface area contributed by atoms with Gasteiger partial charge < -0.3 is 4.74 Å². The summed E-state index contributed by atoms with van der Waals surface area (Å²) >= 11 is 0. The van der Waals surface area contributed by atoms with E-state index in [2.05, 4.69) is 38.7 Å². The maximum absolute atomic E-state index is 5.36. The minimum Gasteiger partial charge on any atom is -0.496 e. The third kappa shape index (κ3) is 2.58. The Kier molecular flexibility index (Phi) is 4.43. The quantitative estimate of drug-likeness (QED) is 0.702. The molecule has 0 saturated heterocycles. The van der Waals surface area contributed by atoms with Crippen molar-refractivity contribution in [3.63, 3.8) is 0 Å². The molecule has 16 heavy (non-hydrogen) atoms. The molecule has 0 spiro atoms. The predicted molar refractivity (Wildman–Crippen MR) is 69.0 cm³/mol. The second kappa shape index (κ2) is 5.61. The Morgan fingerprint density at radius 1 is 1.19 bits per heavy atom. The molecule has 0 saturated carbocycles. The van der Waals surface area contributed by atoms with Crippen LogP contribution in [0, 0.1) is 32.6 Å². The summed E-state index contributed by atoms with van der Waals surface area (Å²) in [6, 6.07) is 2.12. The summed E-state index contributed by atoms with van der Waals surface area (Å²) in [5, 5.41) is 0. The highest BCUT2D eigenvalue weighted by molar-refractivity contribution is 5.48. The third-order valence-electron chi connectivity index (χ3n) is 3.11. The van der Waals surface area contributed by atoms with Crippen molar-refractivity contribution in [2.45, 2.75) is 40.5 Å². The second-order valence-electron chi connectivity index (χ2n) is 4.05. The Bertz CT molecular complexity index is 433. The van der Waals surface area contributed by atoms with Gasteiger partial charge in [0.15, 0.2) is 0 Å². The fourth-order valence-corrected chi connectivity index (χ4v) is 2.01. The van der Waals surface area contributed by atoms with Gasteiger partial charge in [0, 0.05) is 6.42 Å². The zero-order valence-electron chi connectivity index (χ0n) is 10.9. The van der Waals surface area contributed by atoms with Gasteiger partial charge in [-0.2, -0.15) is 0 Å². The third-order valence-corrected chi connectivity index (χ3v) is 3.11. The van der Waals surface area contributed by atoms with Crippen LogP contribution in [0.15, 0.2) is 6.07 Å². The first-order chi connectivity index (χ1) is 7.61. The van der Waals surface area contributed by atoms with E-state index in [4.69, 9.17) is 4.74 Å². The highest BCUT2D eigenvalue weighted by atomic mass is 16.5. The average Bonchev–Trinajstić information content (AvgIpc) is 2.28. The monoisotopic (exact) mass is 216 g/mol. The van der Waals surface area contributed by atoms with Crippen molar-refractivity contribution < 1.29 is 4.74 Å². The lowest BCUT2D eigenvalue weighted by molar-refractivity contribution is 0.410. The average molecular weight is 216 g/mol. The Morgan fingerprint density at radius 2 is 1.88 bits per heavy atom. The van der Waals surface area contributed by atoms with E-state index >= 15 is 0 Å². The van der Waals surface area contributed by atoms with E-state index in [1.165, 1.54) is 22.3 Å². The standard InChI is InChI=1S/C15H20O/c1-6-7-8-9-14-11(2)10-15(16-5)13(4)12(14)3/h10H,8-9H2,1-5H3. The molecule has 0 radical (unpaired) electrons. The summed E-state index contributed by atoms with van der Waals surface area (Å²) in [7, 11) is 1.73. The molecular formula is C15H20O. The van der Waals surface area contributed by atoms with Crippen LogP contribution in [0.3, 0.4) is 0 Å². The molecular weight excluding hydrogens is 196 g/mol. The van der Waals surface area contributed by atoms with Crippen LogP contribution in [0.4, 0.5) is 0 Å². The summed E-state index contributed by atoms with van der Waals surface area (Å²) in [4.78, 5) is 0. The minimum atomic E-state index is 0.934. The van der Waals surface area contributed by atoms with Crippen molar-refractivity contribution in [2.75, 3.05) is 7.11 Å². The normalized spacial score (nSPS) is 9.56. The van der Waals surface area contributed by atoms with E-state index in [0.29, 0.717) is 0 Å². The minimum absolute atomic E-state index is 0.934. The first kappa shape index (κ1) is 12.6. The van der Waals surface area contributed by atoms with Crippen molar-refractivity contribution in [1.29, 1.82) is 0 Å². The fourth-order valence-electron chi connectivity index (χ4n) is 2.01. The molecule has 0 aliphatic rings. The SMILES string of the molecule is CC#CCCc1c(C)cc(OC)c(C)c1C. The fraction of sp³-hybridized carbons (Fsp3) is 0.467. The largest absolute Gasteiger partial charge is 0.496 e. The second-order valence-corrected chi connectivity index (χ2v) is 4.05. The van der Waals surface area contributed by atoms with Crippen molar-refractivity contribution in [2.24, 2.45) is 0 Å². The van der Waals surface area contributed by atoms with Gasteiger partial charge >= 0.3 is 0 Å². The van der Waals surface area contributed by atoms with Gasteiger partial charge in [-0.05, 0) is 62.4 Å². The van der Waals surface area contributed by atoms with Crippen molar-refractivity contribution >= 4 is 0 Å². The predicted octanol–water partition coefficient (Wildman–Crippen LogP) is 3.58. The van der Waals surface area contributed by atoms with E-state index in [0.717, 1.165) is 18.6 Å². The van der Waals surface area contributed by atoms with Crippen LogP contribution < -0.4 is 4.74 Å².